The molecule has 1 aromatic carbocycles. The minimum absolute atomic E-state index is 0.655. The second-order valence-corrected chi connectivity index (χ2v) is 6.17. The zero-order chi connectivity index (χ0) is 12.4. The Kier molecular flexibility index (Phi) is 3.41. The van der Waals surface area contributed by atoms with Gasteiger partial charge in [0.2, 0.25) is 0 Å². The van der Waals surface area contributed by atoms with Crippen LogP contribution >= 0.6 is 34.7 Å². The lowest BCUT2D eigenvalue weighted by Crippen LogP contribution is -1.71. The van der Waals surface area contributed by atoms with Gasteiger partial charge >= 0.3 is 0 Å². The Hall–Kier alpha value is -1.23. The molecular weight excluding hydrogens is 286 g/mol. The van der Waals surface area contributed by atoms with E-state index in [1.54, 1.807) is 17.5 Å². The van der Waals surface area contributed by atoms with Gasteiger partial charge in [0.05, 0.1) is 10.4 Å². The van der Waals surface area contributed by atoms with Gasteiger partial charge in [-0.1, -0.05) is 17.7 Å². The van der Waals surface area contributed by atoms with E-state index in [0.29, 0.717) is 10.2 Å². The van der Waals surface area contributed by atoms with E-state index >= 15 is 0 Å². The fraction of sp³-hybridized carbons (Fsp3) is 0. The molecule has 0 spiro atoms. The van der Waals surface area contributed by atoms with Crippen molar-refractivity contribution >= 4 is 34.7 Å². The Morgan fingerprint density at radius 1 is 1.17 bits per heavy atom. The van der Waals surface area contributed by atoms with Crippen LogP contribution in [0.15, 0.2) is 61.8 Å². The first-order valence-corrected chi connectivity index (χ1v) is 7.32. The Morgan fingerprint density at radius 2 is 2.00 bits per heavy atom. The molecule has 0 amide bonds. The highest BCUT2D eigenvalue weighted by molar-refractivity contribution is 8.00. The minimum Gasteiger partial charge on any atom is -0.431 e. The van der Waals surface area contributed by atoms with Crippen LogP contribution in [-0.2, 0) is 0 Å². The van der Waals surface area contributed by atoms with Crippen molar-refractivity contribution in [1.82, 2.24) is 4.98 Å². The van der Waals surface area contributed by atoms with E-state index in [4.69, 9.17) is 16.0 Å². The average Bonchev–Trinajstić information content (AvgIpc) is 3.02. The van der Waals surface area contributed by atoms with Crippen molar-refractivity contribution in [2.75, 3.05) is 0 Å². The van der Waals surface area contributed by atoms with Gasteiger partial charge in [-0.15, -0.1) is 11.3 Å². The van der Waals surface area contributed by atoms with Crippen LogP contribution in [0.25, 0.3) is 11.3 Å². The van der Waals surface area contributed by atoms with Gasteiger partial charge in [0.1, 0.15) is 0 Å². The number of oxazole rings is 1. The minimum atomic E-state index is 0.655. The van der Waals surface area contributed by atoms with Gasteiger partial charge in [-0.3, -0.25) is 0 Å². The molecule has 0 bridgehead atoms. The van der Waals surface area contributed by atoms with Crippen LogP contribution in [0.1, 0.15) is 0 Å². The SMILES string of the molecule is Clc1ccc(-c2cnc(Sc3cccs3)o2)cc1. The molecule has 2 nitrogen and oxygen atoms in total. The molecule has 0 atom stereocenters. The first-order valence-electron chi connectivity index (χ1n) is 5.24. The summed E-state index contributed by atoms with van der Waals surface area (Å²) in [6, 6.07) is 11.6. The van der Waals surface area contributed by atoms with Crippen LogP contribution in [0.4, 0.5) is 0 Å². The fourth-order valence-corrected chi connectivity index (χ4v) is 3.16. The molecule has 0 unspecified atom stereocenters. The number of hydrogen-bond acceptors (Lipinski definition) is 4. The summed E-state index contributed by atoms with van der Waals surface area (Å²) < 4.78 is 6.86. The van der Waals surface area contributed by atoms with Crippen molar-refractivity contribution in [3.8, 4) is 11.3 Å². The van der Waals surface area contributed by atoms with Gasteiger partial charge in [-0.2, -0.15) is 0 Å². The highest BCUT2D eigenvalue weighted by Crippen LogP contribution is 2.33. The molecule has 0 aliphatic heterocycles. The smallest absolute Gasteiger partial charge is 0.261 e. The van der Waals surface area contributed by atoms with E-state index < -0.39 is 0 Å². The van der Waals surface area contributed by atoms with Crippen LogP contribution in [0.3, 0.4) is 0 Å². The van der Waals surface area contributed by atoms with E-state index in [1.807, 2.05) is 41.8 Å². The molecule has 18 heavy (non-hydrogen) atoms. The molecule has 0 aliphatic carbocycles. The van der Waals surface area contributed by atoms with E-state index in [-0.39, 0.29) is 0 Å². The molecular formula is C13H8ClNOS2. The van der Waals surface area contributed by atoms with Crippen molar-refractivity contribution in [2.45, 2.75) is 9.43 Å². The zero-order valence-corrected chi connectivity index (χ0v) is 11.6. The lowest BCUT2D eigenvalue weighted by molar-refractivity contribution is 0.466. The molecule has 90 valence electrons. The monoisotopic (exact) mass is 293 g/mol. The maximum atomic E-state index is 5.85. The maximum Gasteiger partial charge on any atom is 0.261 e. The largest absolute Gasteiger partial charge is 0.431 e. The summed E-state index contributed by atoms with van der Waals surface area (Å²) in [6.45, 7) is 0. The number of benzene rings is 1. The van der Waals surface area contributed by atoms with E-state index in [9.17, 15) is 0 Å². The van der Waals surface area contributed by atoms with E-state index in [2.05, 4.69) is 4.98 Å². The summed E-state index contributed by atoms with van der Waals surface area (Å²) in [6.07, 6.45) is 1.74. The van der Waals surface area contributed by atoms with Crippen LogP contribution in [0, 0.1) is 0 Å². The van der Waals surface area contributed by atoms with Crippen LogP contribution < -0.4 is 0 Å². The Morgan fingerprint density at radius 3 is 2.72 bits per heavy atom. The highest BCUT2D eigenvalue weighted by Gasteiger charge is 2.08. The van der Waals surface area contributed by atoms with Crippen molar-refractivity contribution < 1.29 is 4.42 Å². The van der Waals surface area contributed by atoms with Crippen molar-refractivity contribution in [2.24, 2.45) is 0 Å². The topological polar surface area (TPSA) is 26.0 Å². The van der Waals surface area contributed by atoms with Gasteiger partial charge in [-0.25, -0.2) is 4.98 Å². The van der Waals surface area contributed by atoms with Crippen molar-refractivity contribution in [3.63, 3.8) is 0 Å². The summed E-state index contributed by atoms with van der Waals surface area (Å²) in [4.78, 5) is 4.26. The third kappa shape index (κ3) is 2.61. The molecule has 2 heterocycles. The van der Waals surface area contributed by atoms with Crippen LogP contribution in [0.2, 0.25) is 5.02 Å². The zero-order valence-electron chi connectivity index (χ0n) is 9.17. The number of hydrogen-bond donors (Lipinski definition) is 0. The van der Waals surface area contributed by atoms with Gasteiger partial charge < -0.3 is 4.42 Å². The summed E-state index contributed by atoms with van der Waals surface area (Å²) in [5, 5.41) is 3.40. The molecule has 0 fully saturated rings. The maximum absolute atomic E-state index is 5.85. The first kappa shape index (κ1) is 11.8. The van der Waals surface area contributed by atoms with Crippen molar-refractivity contribution in [3.05, 3.63) is 53.0 Å². The number of aromatic nitrogens is 1. The number of rotatable bonds is 3. The number of nitrogens with zero attached hydrogens (tertiary/aromatic N) is 1. The lowest BCUT2D eigenvalue weighted by atomic mass is 10.2. The molecule has 0 saturated carbocycles. The molecule has 3 rings (SSSR count). The average molecular weight is 294 g/mol. The normalized spacial score (nSPS) is 10.7. The first-order chi connectivity index (χ1) is 8.81. The third-order valence-corrected chi connectivity index (χ3v) is 4.45. The number of halogens is 1. The molecule has 0 aliphatic rings. The van der Waals surface area contributed by atoms with Gasteiger partial charge in [-0.05, 0) is 47.5 Å². The Labute approximate surface area is 118 Å². The molecule has 3 aromatic rings. The van der Waals surface area contributed by atoms with Crippen LogP contribution in [-0.4, -0.2) is 4.98 Å². The number of thiophene rings is 1. The van der Waals surface area contributed by atoms with E-state index in [1.165, 1.54) is 16.0 Å². The quantitative estimate of drug-likeness (QED) is 0.663. The van der Waals surface area contributed by atoms with Crippen molar-refractivity contribution in [1.29, 1.82) is 0 Å². The summed E-state index contributed by atoms with van der Waals surface area (Å²) in [7, 11) is 0. The lowest BCUT2D eigenvalue weighted by Gasteiger charge is -1.95. The molecule has 0 saturated heterocycles. The Balaban J connectivity index is 1.83. The van der Waals surface area contributed by atoms with Crippen LogP contribution in [0.5, 0.6) is 0 Å². The standard InChI is InChI=1S/C13H8ClNOS2/c14-10-5-3-9(4-6-10)11-8-15-13(16-11)18-12-2-1-7-17-12/h1-8H. The van der Waals surface area contributed by atoms with E-state index in [0.717, 1.165) is 11.3 Å². The van der Waals surface area contributed by atoms with Gasteiger partial charge in [0, 0.05) is 10.6 Å². The second-order valence-electron chi connectivity index (χ2n) is 3.53. The fourth-order valence-electron chi connectivity index (χ4n) is 1.46. The van der Waals surface area contributed by atoms with Gasteiger partial charge in [0.15, 0.2) is 5.76 Å². The molecule has 0 N–H and O–H groups in total. The summed E-state index contributed by atoms with van der Waals surface area (Å²) in [5.41, 5.74) is 0.977. The van der Waals surface area contributed by atoms with Gasteiger partial charge in [0.25, 0.3) is 5.22 Å². The predicted octanol–water partition coefficient (Wildman–Crippen LogP) is 5.21. The third-order valence-electron chi connectivity index (χ3n) is 2.30. The molecule has 5 heteroatoms. The summed E-state index contributed by atoms with van der Waals surface area (Å²) >= 11 is 9.05. The second kappa shape index (κ2) is 5.18. The molecule has 2 aromatic heterocycles. The molecule has 0 radical (unpaired) electrons. The Bertz CT molecular complexity index is 631. The summed E-state index contributed by atoms with van der Waals surface area (Å²) in [5.74, 6) is 0.755. The predicted molar refractivity (Wildman–Crippen MR) is 75.4 cm³/mol. The highest BCUT2D eigenvalue weighted by atomic mass is 35.5.